The number of carbonyl (C=O) groups is 2. The predicted molar refractivity (Wildman–Crippen MR) is 127 cm³/mol. The Balaban J connectivity index is 1.67. The fourth-order valence-corrected chi connectivity index (χ4v) is 5.30. The van der Waals surface area contributed by atoms with E-state index in [0.29, 0.717) is 50.2 Å². The Hall–Kier alpha value is -2.75. The van der Waals surface area contributed by atoms with Crippen LogP contribution in [-0.4, -0.2) is 57.9 Å². The van der Waals surface area contributed by atoms with Gasteiger partial charge in [0.1, 0.15) is 0 Å². The number of benzene rings is 2. The van der Waals surface area contributed by atoms with E-state index in [-0.39, 0.29) is 23.3 Å². The third-order valence-corrected chi connectivity index (χ3v) is 7.53. The summed E-state index contributed by atoms with van der Waals surface area (Å²) in [7, 11) is -2.07. The van der Waals surface area contributed by atoms with Crippen LogP contribution in [0.1, 0.15) is 35.2 Å². The first-order valence-electron chi connectivity index (χ1n) is 11.1. The van der Waals surface area contributed by atoms with Crippen LogP contribution < -0.4 is 10.6 Å². The van der Waals surface area contributed by atoms with Crippen LogP contribution >= 0.6 is 0 Å². The maximum absolute atomic E-state index is 13.0. The SMILES string of the molecule is COCCCNC(=O)c1ccccc1NC(=O)C1CCCN(S(=O)(=O)c2ccc(C)cc2)C1. The molecule has 33 heavy (non-hydrogen) atoms. The van der Waals surface area contributed by atoms with Crippen molar-refractivity contribution in [3.8, 4) is 0 Å². The Labute approximate surface area is 195 Å². The Morgan fingerprint density at radius 2 is 1.85 bits per heavy atom. The summed E-state index contributed by atoms with van der Waals surface area (Å²) in [5.74, 6) is -1.08. The number of piperidine rings is 1. The molecule has 2 aromatic carbocycles. The second kappa shape index (κ2) is 11.4. The highest BCUT2D eigenvalue weighted by Gasteiger charge is 2.33. The van der Waals surface area contributed by atoms with E-state index in [1.165, 1.54) is 4.31 Å². The predicted octanol–water partition coefficient (Wildman–Crippen LogP) is 2.80. The molecule has 178 valence electrons. The van der Waals surface area contributed by atoms with Gasteiger partial charge in [0.25, 0.3) is 5.91 Å². The summed E-state index contributed by atoms with van der Waals surface area (Å²) in [4.78, 5) is 25.8. The zero-order chi connectivity index (χ0) is 23.8. The standard InChI is InChI=1S/C24H31N3O5S/c1-18-10-12-20(13-11-18)33(30,31)27-15-5-7-19(17-27)23(28)26-22-9-4-3-8-21(22)24(29)25-14-6-16-32-2/h3-4,8-13,19H,5-7,14-17H2,1-2H3,(H,25,29)(H,26,28). The van der Waals surface area contributed by atoms with Crippen molar-refractivity contribution in [3.63, 3.8) is 0 Å². The number of aryl methyl sites for hydroxylation is 1. The van der Waals surface area contributed by atoms with Gasteiger partial charge in [-0.1, -0.05) is 29.8 Å². The summed E-state index contributed by atoms with van der Waals surface area (Å²) in [6.45, 7) is 3.38. The number of nitrogens with zero attached hydrogens (tertiary/aromatic N) is 1. The monoisotopic (exact) mass is 473 g/mol. The van der Waals surface area contributed by atoms with Crippen LogP contribution in [0, 0.1) is 12.8 Å². The van der Waals surface area contributed by atoms with E-state index in [9.17, 15) is 18.0 Å². The van der Waals surface area contributed by atoms with Gasteiger partial charge in [-0.15, -0.1) is 0 Å². The minimum atomic E-state index is -3.68. The highest BCUT2D eigenvalue weighted by atomic mass is 32.2. The van der Waals surface area contributed by atoms with Gasteiger partial charge in [-0.25, -0.2) is 8.42 Å². The first-order valence-corrected chi connectivity index (χ1v) is 12.5. The number of rotatable bonds is 9. The van der Waals surface area contributed by atoms with E-state index in [1.807, 2.05) is 6.92 Å². The lowest BCUT2D eigenvalue weighted by Gasteiger charge is -2.31. The lowest BCUT2D eigenvalue weighted by atomic mass is 9.98. The number of anilines is 1. The average Bonchev–Trinajstić information content (AvgIpc) is 2.82. The van der Waals surface area contributed by atoms with Gasteiger partial charge >= 0.3 is 0 Å². The number of sulfonamides is 1. The molecule has 1 unspecified atom stereocenters. The molecule has 0 bridgehead atoms. The minimum absolute atomic E-state index is 0.105. The molecule has 9 heteroatoms. The molecule has 2 amide bonds. The molecule has 1 heterocycles. The number of para-hydroxylation sites is 1. The number of ether oxygens (including phenoxy) is 1. The van der Waals surface area contributed by atoms with Crippen molar-refractivity contribution >= 4 is 27.5 Å². The van der Waals surface area contributed by atoms with Crippen LogP contribution in [0.25, 0.3) is 0 Å². The van der Waals surface area contributed by atoms with Gasteiger partial charge in [0.05, 0.1) is 22.1 Å². The van der Waals surface area contributed by atoms with Crippen LogP contribution in [0.5, 0.6) is 0 Å². The number of carbonyl (C=O) groups excluding carboxylic acids is 2. The van der Waals surface area contributed by atoms with Gasteiger partial charge in [0, 0.05) is 33.4 Å². The lowest BCUT2D eigenvalue weighted by Crippen LogP contribution is -2.43. The molecule has 1 saturated heterocycles. The van der Waals surface area contributed by atoms with E-state index in [2.05, 4.69) is 10.6 Å². The largest absolute Gasteiger partial charge is 0.385 e. The second-order valence-corrected chi connectivity index (χ2v) is 10.1. The fraction of sp³-hybridized carbons (Fsp3) is 0.417. The smallest absolute Gasteiger partial charge is 0.253 e. The Morgan fingerprint density at radius 3 is 2.58 bits per heavy atom. The quantitative estimate of drug-likeness (QED) is 0.545. The topological polar surface area (TPSA) is 105 Å². The zero-order valence-electron chi connectivity index (χ0n) is 19.0. The van der Waals surface area contributed by atoms with Crippen LogP contribution in [0.4, 0.5) is 5.69 Å². The molecular formula is C24H31N3O5S. The Bertz CT molecular complexity index is 1070. The van der Waals surface area contributed by atoms with Crippen LogP contribution in [0.3, 0.4) is 0 Å². The van der Waals surface area contributed by atoms with Gasteiger partial charge in [-0.3, -0.25) is 9.59 Å². The molecule has 0 spiro atoms. The van der Waals surface area contributed by atoms with Crippen molar-refractivity contribution in [3.05, 3.63) is 59.7 Å². The first kappa shape index (κ1) is 24.9. The highest BCUT2D eigenvalue weighted by Crippen LogP contribution is 2.25. The van der Waals surface area contributed by atoms with E-state index in [4.69, 9.17) is 4.74 Å². The molecule has 0 aliphatic carbocycles. The van der Waals surface area contributed by atoms with Gasteiger partial charge < -0.3 is 15.4 Å². The van der Waals surface area contributed by atoms with Crippen molar-refractivity contribution in [2.24, 2.45) is 5.92 Å². The molecule has 0 saturated carbocycles. The molecule has 8 nitrogen and oxygen atoms in total. The van der Waals surface area contributed by atoms with E-state index < -0.39 is 15.9 Å². The zero-order valence-corrected chi connectivity index (χ0v) is 19.9. The number of amides is 2. The number of hydrogen-bond donors (Lipinski definition) is 2. The van der Waals surface area contributed by atoms with Crippen LogP contribution in [0.15, 0.2) is 53.4 Å². The van der Waals surface area contributed by atoms with Gasteiger partial charge in [0.15, 0.2) is 0 Å². The number of hydrogen-bond acceptors (Lipinski definition) is 5. The number of nitrogens with one attached hydrogen (secondary N) is 2. The number of methoxy groups -OCH3 is 1. The molecule has 3 rings (SSSR count). The molecule has 0 aromatic heterocycles. The van der Waals surface area contributed by atoms with Gasteiger partial charge in [-0.05, 0) is 50.5 Å². The summed E-state index contributed by atoms with van der Waals surface area (Å²) >= 11 is 0. The van der Waals surface area contributed by atoms with Gasteiger partial charge in [-0.2, -0.15) is 4.31 Å². The fourth-order valence-electron chi connectivity index (χ4n) is 3.77. The van der Waals surface area contributed by atoms with Crippen LogP contribution in [-0.2, 0) is 19.6 Å². The van der Waals surface area contributed by atoms with Crippen molar-refractivity contribution < 1.29 is 22.7 Å². The molecule has 1 atom stereocenters. The van der Waals surface area contributed by atoms with E-state index in [0.717, 1.165) is 5.56 Å². The summed E-state index contributed by atoms with van der Waals surface area (Å²) < 4.78 is 32.5. The average molecular weight is 474 g/mol. The molecular weight excluding hydrogens is 442 g/mol. The van der Waals surface area contributed by atoms with Crippen LogP contribution in [0.2, 0.25) is 0 Å². The van der Waals surface area contributed by atoms with E-state index >= 15 is 0 Å². The minimum Gasteiger partial charge on any atom is -0.385 e. The molecule has 2 N–H and O–H groups in total. The Kier molecular flexibility index (Phi) is 8.60. The molecule has 0 radical (unpaired) electrons. The summed E-state index contributed by atoms with van der Waals surface area (Å²) in [5.41, 5.74) is 1.75. The lowest BCUT2D eigenvalue weighted by molar-refractivity contribution is -0.120. The third kappa shape index (κ3) is 6.40. The van der Waals surface area contributed by atoms with Crippen molar-refractivity contribution in [2.45, 2.75) is 31.1 Å². The van der Waals surface area contributed by atoms with Crippen molar-refractivity contribution in [1.82, 2.24) is 9.62 Å². The summed E-state index contributed by atoms with van der Waals surface area (Å²) in [6.07, 6.45) is 1.85. The van der Waals surface area contributed by atoms with Crippen molar-refractivity contribution in [2.75, 3.05) is 38.7 Å². The normalized spacial score (nSPS) is 16.8. The summed E-state index contributed by atoms with van der Waals surface area (Å²) in [5, 5.41) is 5.65. The molecule has 1 aliphatic rings. The second-order valence-electron chi connectivity index (χ2n) is 8.15. The highest BCUT2D eigenvalue weighted by molar-refractivity contribution is 7.89. The first-order chi connectivity index (χ1) is 15.8. The summed E-state index contributed by atoms with van der Waals surface area (Å²) in [6, 6.07) is 13.5. The van der Waals surface area contributed by atoms with E-state index in [1.54, 1.807) is 55.6 Å². The van der Waals surface area contributed by atoms with Crippen molar-refractivity contribution in [1.29, 1.82) is 0 Å². The maximum atomic E-state index is 13.0. The maximum Gasteiger partial charge on any atom is 0.253 e. The molecule has 1 fully saturated rings. The molecule has 1 aliphatic heterocycles. The Morgan fingerprint density at radius 1 is 1.12 bits per heavy atom. The third-order valence-electron chi connectivity index (χ3n) is 5.65. The molecule has 2 aromatic rings. The van der Waals surface area contributed by atoms with Gasteiger partial charge in [0.2, 0.25) is 15.9 Å².